The van der Waals surface area contributed by atoms with E-state index in [4.69, 9.17) is 11.0 Å². The topological polar surface area (TPSA) is 96.0 Å². The summed E-state index contributed by atoms with van der Waals surface area (Å²) in [6, 6.07) is 7.52. The number of nitrogens with zero attached hydrogens (tertiary/aromatic N) is 1. The van der Waals surface area contributed by atoms with Crippen LogP contribution in [0.25, 0.3) is 0 Å². The van der Waals surface area contributed by atoms with Gasteiger partial charge in [-0.3, -0.25) is 0 Å². The smallest absolute Gasteiger partial charge is 0.240 e. The molecule has 19 heavy (non-hydrogen) atoms. The van der Waals surface area contributed by atoms with Gasteiger partial charge >= 0.3 is 0 Å². The highest BCUT2D eigenvalue weighted by Gasteiger charge is 2.14. The van der Waals surface area contributed by atoms with Crippen LogP contribution >= 0.6 is 12.4 Å². The molecular formula is C12H18ClN3O2S. The fraction of sp³-hybridized carbons (Fsp3) is 0.417. The molecule has 0 saturated carbocycles. The molecule has 5 nitrogen and oxygen atoms in total. The molecule has 0 saturated heterocycles. The monoisotopic (exact) mass is 303 g/mol. The molecule has 7 heteroatoms. The van der Waals surface area contributed by atoms with Crippen molar-refractivity contribution in [2.75, 3.05) is 6.54 Å². The summed E-state index contributed by atoms with van der Waals surface area (Å²) in [6.07, 6.45) is 1.69. The number of nitrogens with two attached hydrogens (primary N) is 1. The second-order valence-electron chi connectivity index (χ2n) is 4.04. The lowest BCUT2D eigenvalue weighted by Crippen LogP contribution is -2.37. The fourth-order valence-electron chi connectivity index (χ4n) is 1.48. The van der Waals surface area contributed by atoms with Crippen molar-refractivity contribution < 1.29 is 8.42 Å². The number of nitriles is 1. The summed E-state index contributed by atoms with van der Waals surface area (Å²) >= 11 is 0. The molecule has 0 aliphatic carbocycles. The summed E-state index contributed by atoms with van der Waals surface area (Å²) in [5.74, 6) is 0. The minimum absolute atomic E-state index is 0. The van der Waals surface area contributed by atoms with Gasteiger partial charge in [-0.05, 0) is 30.7 Å². The highest BCUT2D eigenvalue weighted by molar-refractivity contribution is 7.89. The molecule has 0 aliphatic rings. The number of benzene rings is 1. The van der Waals surface area contributed by atoms with Crippen LogP contribution in [0.4, 0.5) is 0 Å². The van der Waals surface area contributed by atoms with Gasteiger partial charge in [-0.25, -0.2) is 13.1 Å². The molecule has 0 fully saturated rings. The summed E-state index contributed by atoms with van der Waals surface area (Å²) in [6.45, 7) is 2.21. The quantitative estimate of drug-likeness (QED) is 0.830. The van der Waals surface area contributed by atoms with Crippen LogP contribution < -0.4 is 10.5 Å². The minimum Gasteiger partial charge on any atom is -0.327 e. The van der Waals surface area contributed by atoms with Gasteiger partial charge in [0.1, 0.15) is 0 Å². The largest absolute Gasteiger partial charge is 0.327 e. The molecule has 0 amide bonds. The SMILES string of the molecule is CCCC(N)CNS(=O)(=O)c1ccc(C#N)cc1.Cl. The average Bonchev–Trinajstić information content (AvgIpc) is 2.37. The van der Waals surface area contributed by atoms with E-state index in [1.807, 2.05) is 13.0 Å². The zero-order chi connectivity index (χ0) is 13.6. The van der Waals surface area contributed by atoms with Gasteiger partial charge in [0, 0.05) is 12.6 Å². The minimum atomic E-state index is -3.54. The van der Waals surface area contributed by atoms with Gasteiger partial charge < -0.3 is 5.73 Å². The first-order valence-corrected chi connectivity index (χ1v) is 7.23. The highest BCUT2D eigenvalue weighted by Crippen LogP contribution is 2.09. The molecule has 0 heterocycles. The van der Waals surface area contributed by atoms with Crippen LogP contribution in [0, 0.1) is 11.3 Å². The van der Waals surface area contributed by atoms with Crippen LogP contribution in [0.5, 0.6) is 0 Å². The predicted octanol–water partition coefficient (Wildman–Crippen LogP) is 1.39. The zero-order valence-corrected chi connectivity index (χ0v) is 12.3. The molecule has 1 unspecified atom stereocenters. The van der Waals surface area contributed by atoms with E-state index in [9.17, 15) is 8.42 Å². The van der Waals surface area contributed by atoms with Crippen LogP contribution in [0.15, 0.2) is 29.2 Å². The normalized spacial score (nSPS) is 12.3. The predicted molar refractivity (Wildman–Crippen MR) is 76.5 cm³/mol. The number of nitrogens with one attached hydrogen (secondary N) is 1. The molecule has 0 spiro atoms. The Bertz CT molecular complexity index is 523. The lowest BCUT2D eigenvalue weighted by atomic mass is 10.2. The third kappa shape index (κ3) is 5.57. The first kappa shape index (κ1) is 17.9. The molecule has 106 valence electrons. The van der Waals surface area contributed by atoms with Crippen molar-refractivity contribution in [1.82, 2.24) is 4.72 Å². The van der Waals surface area contributed by atoms with Crippen LogP contribution in [0.1, 0.15) is 25.3 Å². The van der Waals surface area contributed by atoms with Gasteiger partial charge in [0.25, 0.3) is 0 Å². The van der Waals surface area contributed by atoms with E-state index in [1.54, 1.807) is 0 Å². The van der Waals surface area contributed by atoms with Crippen LogP contribution in [0.2, 0.25) is 0 Å². The van der Waals surface area contributed by atoms with Crippen molar-refractivity contribution in [2.45, 2.75) is 30.7 Å². The van der Waals surface area contributed by atoms with Crippen LogP contribution in [-0.4, -0.2) is 21.0 Å². The van der Waals surface area contributed by atoms with Gasteiger partial charge in [0.2, 0.25) is 10.0 Å². The van der Waals surface area contributed by atoms with Gasteiger partial charge in [-0.15, -0.1) is 12.4 Å². The Morgan fingerprint density at radius 3 is 2.42 bits per heavy atom. The standard InChI is InChI=1S/C12H17N3O2S.ClH/c1-2-3-11(14)9-15-18(16,17)12-6-4-10(8-13)5-7-12;/h4-7,11,15H,2-3,9,14H2,1H3;1H. The van der Waals surface area contributed by atoms with E-state index in [0.717, 1.165) is 12.8 Å². The Morgan fingerprint density at radius 2 is 1.95 bits per heavy atom. The van der Waals surface area contributed by atoms with Crippen molar-refractivity contribution in [2.24, 2.45) is 5.73 Å². The van der Waals surface area contributed by atoms with Crippen molar-refractivity contribution in [3.8, 4) is 6.07 Å². The molecule has 1 rings (SSSR count). The fourth-order valence-corrected chi connectivity index (χ4v) is 2.58. The summed E-state index contributed by atoms with van der Waals surface area (Å²) in [5.41, 5.74) is 6.17. The Labute approximate surface area is 120 Å². The Morgan fingerprint density at radius 1 is 1.37 bits per heavy atom. The van der Waals surface area contributed by atoms with E-state index in [1.165, 1.54) is 24.3 Å². The third-order valence-corrected chi connectivity index (χ3v) is 3.93. The molecule has 0 aliphatic heterocycles. The molecular weight excluding hydrogens is 286 g/mol. The lowest BCUT2D eigenvalue weighted by molar-refractivity contribution is 0.553. The maximum atomic E-state index is 11.9. The average molecular weight is 304 g/mol. The molecule has 0 aromatic heterocycles. The van der Waals surface area contributed by atoms with E-state index in [2.05, 4.69) is 4.72 Å². The Kier molecular flexibility index (Phi) is 7.64. The van der Waals surface area contributed by atoms with Crippen molar-refractivity contribution in [3.63, 3.8) is 0 Å². The first-order chi connectivity index (χ1) is 8.49. The molecule has 0 radical (unpaired) electrons. The number of halogens is 1. The zero-order valence-electron chi connectivity index (χ0n) is 10.7. The van der Waals surface area contributed by atoms with E-state index >= 15 is 0 Å². The summed E-state index contributed by atoms with van der Waals surface area (Å²) in [7, 11) is -3.54. The summed E-state index contributed by atoms with van der Waals surface area (Å²) < 4.78 is 26.2. The number of hydrogen-bond donors (Lipinski definition) is 2. The Hall–Kier alpha value is -1.13. The molecule has 1 aromatic rings. The molecule has 1 atom stereocenters. The number of rotatable bonds is 6. The van der Waals surface area contributed by atoms with E-state index in [0.29, 0.717) is 5.56 Å². The second kappa shape index (κ2) is 8.12. The van der Waals surface area contributed by atoms with Crippen LogP contribution in [0.3, 0.4) is 0 Å². The third-order valence-electron chi connectivity index (χ3n) is 2.49. The van der Waals surface area contributed by atoms with Crippen LogP contribution in [-0.2, 0) is 10.0 Å². The van der Waals surface area contributed by atoms with Crippen molar-refractivity contribution in [1.29, 1.82) is 5.26 Å². The number of sulfonamides is 1. The maximum Gasteiger partial charge on any atom is 0.240 e. The van der Waals surface area contributed by atoms with Gasteiger partial charge in [0.15, 0.2) is 0 Å². The second-order valence-corrected chi connectivity index (χ2v) is 5.80. The van der Waals surface area contributed by atoms with Gasteiger partial charge in [-0.2, -0.15) is 5.26 Å². The van der Waals surface area contributed by atoms with Crippen molar-refractivity contribution >= 4 is 22.4 Å². The number of hydrogen-bond acceptors (Lipinski definition) is 4. The summed E-state index contributed by atoms with van der Waals surface area (Å²) in [4.78, 5) is 0.144. The van der Waals surface area contributed by atoms with E-state index < -0.39 is 10.0 Å². The maximum absolute atomic E-state index is 11.9. The van der Waals surface area contributed by atoms with E-state index in [-0.39, 0.29) is 29.9 Å². The first-order valence-electron chi connectivity index (χ1n) is 5.75. The van der Waals surface area contributed by atoms with Gasteiger partial charge in [0.05, 0.1) is 16.5 Å². The summed E-state index contributed by atoms with van der Waals surface area (Å²) in [5, 5.41) is 8.63. The van der Waals surface area contributed by atoms with Gasteiger partial charge in [-0.1, -0.05) is 13.3 Å². The van der Waals surface area contributed by atoms with Crippen molar-refractivity contribution in [3.05, 3.63) is 29.8 Å². The lowest BCUT2D eigenvalue weighted by Gasteiger charge is -2.12. The molecule has 0 bridgehead atoms. The molecule has 1 aromatic carbocycles. The Balaban J connectivity index is 0.00000324. The molecule has 3 N–H and O–H groups in total. The highest BCUT2D eigenvalue weighted by atomic mass is 35.5.